The second-order valence-electron chi connectivity index (χ2n) is 6.15. The van der Waals surface area contributed by atoms with Crippen LogP contribution in [-0.4, -0.2) is 32.4 Å². The van der Waals surface area contributed by atoms with Crippen molar-refractivity contribution >= 4 is 5.65 Å². The summed E-state index contributed by atoms with van der Waals surface area (Å²) in [6.45, 7) is 4.67. The van der Waals surface area contributed by atoms with Gasteiger partial charge in [-0.3, -0.25) is 19.1 Å². The van der Waals surface area contributed by atoms with Crippen LogP contribution in [0.3, 0.4) is 0 Å². The Morgan fingerprint density at radius 1 is 1.26 bits per heavy atom. The van der Waals surface area contributed by atoms with E-state index in [2.05, 4.69) is 20.9 Å². The zero-order valence-corrected chi connectivity index (χ0v) is 13.0. The molecule has 5 heteroatoms. The molecule has 3 aromatic heterocycles. The summed E-state index contributed by atoms with van der Waals surface area (Å²) in [5.74, 6) is 0.534. The van der Waals surface area contributed by atoms with Gasteiger partial charge in [-0.1, -0.05) is 12.1 Å². The van der Waals surface area contributed by atoms with Crippen LogP contribution in [0, 0.1) is 6.92 Å². The number of aryl methyl sites for hydroxylation is 1. The average Bonchev–Trinajstić information content (AvgIpc) is 2.52. The van der Waals surface area contributed by atoms with E-state index in [0.717, 1.165) is 36.5 Å². The lowest BCUT2D eigenvalue weighted by Gasteiger charge is -2.39. The van der Waals surface area contributed by atoms with Gasteiger partial charge in [-0.15, -0.1) is 0 Å². The molecule has 0 bridgehead atoms. The molecule has 0 aromatic carbocycles. The van der Waals surface area contributed by atoms with E-state index in [-0.39, 0.29) is 5.56 Å². The number of rotatable bonds is 3. The lowest BCUT2D eigenvalue weighted by atomic mass is 9.92. The van der Waals surface area contributed by atoms with Crippen LogP contribution in [0.2, 0.25) is 0 Å². The third kappa shape index (κ3) is 2.64. The van der Waals surface area contributed by atoms with Crippen molar-refractivity contribution in [2.24, 2.45) is 0 Å². The summed E-state index contributed by atoms with van der Waals surface area (Å²) >= 11 is 0. The highest BCUT2D eigenvalue weighted by molar-refractivity contribution is 5.46. The Morgan fingerprint density at radius 3 is 2.91 bits per heavy atom. The number of hydrogen-bond donors (Lipinski definition) is 0. The fourth-order valence-corrected chi connectivity index (χ4v) is 3.15. The second kappa shape index (κ2) is 5.59. The van der Waals surface area contributed by atoms with Crippen LogP contribution in [0.5, 0.6) is 0 Å². The van der Waals surface area contributed by atoms with Crippen molar-refractivity contribution in [3.8, 4) is 0 Å². The van der Waals surface area contributed by atoms with Crippen LogP contribution in [0.4, 0.5) is 0 Å². The molecule has 1 aliphatic rings. The van der Waals surface area contributed by atoms with E-state index in [9.17, 15) is 4.79 Å². The molecule has 0 unspecified atom stereocenters. The highest BCUT2D eigenvalue weighted by Gasteiger charge is 2.28. The summed E-state index contributed by atoms with van der Waals surface area (Å²) in [4.78, 5) is 23.4. The molecule has 0 N–H and O–H groups in total. The number of likely N-dealkylation sites (tertiary alicyclic amines) is 1. The Kier molecular flexibility index (Phi) is 3.42. The Labute approximate surface area is 134 Å². The van der Waals surface area contributed by atoms with Gasteiger partial charge in [0.2, 0.25) is 0 Å². The molecule has 3 aromatic rings. The third-order valence-corrected chi connectivity index (χ3v) is 4.44. The van der Waals surface area contributed by atoms with Crippen molar-refractivity contribution in [1.29, 1.82) is 0 Å². The summed E-state index contributed by atoms with van der Waals surface area (Å²) in [5.41, 5.74) is 3.88. The summed E-state index contributed by atoms with van der Waals surface area (Å²) in [7, 11) is 0. The first kappa shape index (κ1) is 14.1. The number of aromatic nitrogens is 3. The van der Waals surface area contributed by atoms with Gasteiger partial charge in [0.15, 0.2) is 0 Å². The zero-order valence-electron chi connectivity index (χ0n) is 13.0. The maximum atomic E-state index is 12.2. The minimum Gasteiger partial charge on any atom is -0.296 e. The fraction of sp³-hybridized carbons (Fsp3) is 0.278. The summed E-state index contributed by atoms with van der Waals surface area (Å²) < 4.78 is 1.60. The van der Waals surface area contributed by atoms with Gasteiger partial charge in [0.05, 0.1) is 5.69 Å². The molecule has 0 atom stereocenters. The quantitative estimate of drug-likeness (QED) is 0.742. The second-order valence-corrected chi connectivity index (χ2v) is 6.15. The third-order valence-electron chi connectivity index (χ3n) is 4.44. The summed E-state index contributed by atoms with van der Waals surface area (Å²) in [6, 6.07) is 9.60. The number of fused-ring (bicyclic) bond motifs is 1. The Hall–Kier alpha value is -2.53. The molecule has 4 rings (SSSR count). The van der Waals surface area contributed by atoms with Crippen LogP contribution < -0.4 is 5.56 Å². The fourth-order valence-electron chi connectivity index (χ4n) is 3.15. The van der Waals surface area contributed by atoms with Crippen molar-refractivity contribution in [2.75, 3.05) is 13.1 Å². The van der Waals surface area contributed by atoms with Gasteiger partial charge in [0.1, 0.15) is 5.65 Å². The standard InChI is InChI=1S/C18H18N4O/c1-13-4-3-7-22-17(23)8-16(20-18(13)22)12-21-10-15(11-21)14-5-2-6-19-9-14/h2-9,15H,10-12H2,1H3. The van der Waals surface area contributed by atoms with Crippen LogP contribution in [0.1, 0.15) is 22.7 Å². The first-order valence-electron chi connectivity index (χ1n) is 7.81. The van der Waals surface area contributed by atoms with E-state index in [1.807, 2.05) is 31.3 Å². The maximum Gasteiger partial charge on any atom is 0.258 e. The van der Waals surface area contributed by atoms with Crippen LogP contribution in [-0.2, 0) is 6.54 Å². The summed E-state index contributed by atoms with van der Waals surface area (Å²) in [6.07, 6.45) is 5.50. The molecule has 1 aliphatic heterocycles. The number of pyridine rings is 2. The number of nitrogens with zero attached hydrogens (tertiary/aromatic N) is 4. The molecule has 1 fully saturated rings. The lowest BCUT2D eigenvalue weighted by molar-refractivity contribution is 0.137. The van der Waals surface area contributed by atoms with E-state index < -0.39 is 0 Å². The van der Waals surface area contributed by atoms with Crippen LogP contribution >= 0.6 is 0 Å². The molecule has 0 spiro atoms. The molecule has 4 heterocycles. The van der Waals surface area contributed by atoms with Crippen molar-refractivity contribution in [3.63, 3.8) is 0 Å². The molecule has 116 valence electrons. The first-order chi connectivity index (χ1) is 11.2. The molecule has 0 radical (unpaired) electrons. The predicted octanol–water partition coefficient (Wildman–Crippen LogP) is 2.00. The van der Waals surface area contributed by atoms with E-state index in [1.54, 1.807) is 22.9 Å². The van der Waals surface area contributed by atoms with E-state index >= 15 is 0 Å². The molecule has 0 amide bonds. The highest BCUT2D eigenvalue weighted by Crippen LogP contribution is 2.27. The molecule has 23 heavy (non-hydrogen) atoms. The van der Waals surface area contributed by atoms with E-state index in [1.165, 1.54) is 5.56 Å². The van der Waals surface area contributed by atoms with Crippen LogP contribution in [0.25, 0.3) is 5.65 Å². The molecule has 1 saturated heterocycles. The molecular formula is C18H18N4O. The average molecular weight is 306 g/mol. The topological polar surface area (TPSA) is 50.5 Å². The largest absolute Gasteiger partial charge is 0.296 e. The van der Waals surface area contributed by atoms with Gasteiger partial charge in [-0.25, -0.2) is 4.98 Å². The van der Waals surface area contributed by atoms with Gasteiger partial charge >= 0.3 is 0 Å². The molecular weight excluding hydrogens is 288 g/mol. The Balaban J connectivity index is 1.52. The first-order valence-corrected chi connectivity index (χ1v) is 7.81. The van der Waals surface area contributed by atoms with Gasteiger partial charge in [-0.05, 0) is 30.2 Å². The van der Waals surface area contributed by atoms with E-state index in [0.29, 0.717) is 5.92 Å². The van der Waals surface area contributed by atoms with Gasteiger partial charge in [0.25, 0.3) is 5.56 Å². The SMILES string of the molecule is Cc1cccn2c(=O)cc(CN3CC(c4cccnc4)C3)nc12. The van der Waals surface area contributed by atoms with Crippen molar-refractivity contribution in [1.82, 2.24) is 19.3 Å². The van der Waals surface area contributed by atoms with Gasteiger partial charge in [0, 0.05) is 50.2 Å². The van der Waals surface area contributed by atoms with Gasteiger partial charge < -0.3 is 0 Å². The Morgan fingerprint density at radius 2 is 2.13 bits per heavy atom. The Bertz CT molecular complexity index is 898. The lowest BCUT2D eigenvalue weighted by Crippen LogP contribution is -2.44. The molecule has 5 nitrogen and oxygen atoms in total. The normalized spacial score (nSPS) is 15.7. The van der Waals surface area contributed by atoms with E-state index in [4.69, 9.17) is 0 Å². The maximum absolute atomic E-state index is 12.2. The van der Waals surface area contributed by atoms with Crippen molar-refractivity contribution < 1.29 is 0 Å². The minimum absolute atomic E-state index is 0.0157. The summed E-state index contributed by atoms with van der Waals surface area (Å²) in [5, 5.41) is 0. The van der Waals surface area contributed by atoms with Crippen molar-refractivity contribution in [3.05, 3.63) is 76.1 Å². The molecule has 0 aliphatic carbocycles. The van der Waals surface area contributed by atoms with Crippen LogP contribution in [0.15, 0.2) is 53.7 Å². The highest BCUT2D eigenvalue weighted by atomic mass is 16.1. The smallest absolute Gasteiger partial charge is 0.258 e. The number of hydrogen-bond acceptors (Lipinski definition) is 4. The molecule has 0 saturated carbocycles. The minimum atomic E-state index is -0.0157. The predicted molar refractivity (Wildman–Crippen MR) is 88.5 cm³/mol. The van der Waals surface area contributed by atoms with Gasteiger partial charge in [-0.2, -0.15) is 0 Å². The zero-order chi connectivity index (χ0) is 15.8. The monoisotopic (exact) mass is 306 g/mol. The van der Waals surface area contributed by atoms with Crippen molar-refractivity contribution in [2.45, 2.75) is 19.4 Å².